The van der Waals surface area contributed by atoms with Crippen LogP contribution in [0.3, 0.4) is 0 Å². The van der Waals surface area contributed by atoms with E-state index in [0.29, 0.717) is 11.8 Å². The van der Waals surface area contributed by atoms with Crippen LogP contribution in [0, 0.1) is 6.92 Å². The highest BCUT2D eigenvalue weighted by molar-refractivity contribution is 5.40. The number of phenolic OH excluding ortho intramolecular Hbond substituents is 1. The third-order valence-corrected chi connectivity index (χ3v) is 3.84. The minimum absolute atomic E-state index is 0.373. The zero-order valence-corrected chi connectivity index (χ0v) is 11.2. The molecule has 0 aromatic heterocycles. The summed E-state index contributed by atoms with van der Waals surface area (Å²) in [5.41, 5.74) is 5.25. The topological polar surface area (TPSA) is 32.3 Å². The zero-order chi connectivity index (χ0) is 13.2. The van der Waals surface area contributed by atoms with Crippen LogP contribution in [0.1, 0.15) is 34.7 Å². The summed E-state index contributed by atoms with van der Waals surface area (Å²) >= 11 is 0. The Balaban J connectivity index is 1.70. The van der Waals surface area contributed by atoms with Gasteiger partial charge < -0.3 is 10.4 Å². The van der Waals surface area contributed by atoms with Gasteiger partial charge in [-0.1, -0.05) is 35.9 Å². The van der Waals surface area contributed by atoms with Gasteiger partial charge in [-0.2, -0.15) is 0 Å². The Morgan fingerprint density at radius 1 is 1.21 bits per heavy atom. The summed E-state index contributed by atoms with van der Waals surface area (Å²) in [7, 11) is 0. The molecule has 2 nitrogen and oxygen atoms in total. The van der Waals surface area contributed by atoms with Gasteiger partial charge in [0.05, 0.1) is 0 Å². The van der Waals surface area contributed by atoms with Crippen LogP contribution < -0.4 is 5.32 Å². The van der Waals surface area contributed by atoms with Crippen molar-refractivity contribution in [3.8, 4) is 5.75 Å². The minimum atomic E-state index is 0.373. The Bertz CT molecular complexity index is 592. The number of hydrogen-bond donors (Lipinski definition) is 2. The number of fused-ring (bicyclic) bond motifs is 1. The number of aromatic hydroxyl groups is 1. The largest absolute Gasteiger partial charge is 0.508 e. The molecule has 1 aliphatic rings. The van der Waals surface area contributed by atoms with Crippen molar-refractivity contribution in [1.82, 2.24) is 5.32 Å². The Labute approximate surface area is 114 Å². The molecule has 0 saturated heterocycles. The van der Waals surface area contributed by atoms with Gasteiger partial charge in [-0.25, -0.2) is 0 Å². The van der Waals surface area contributed by atoms with Crippen molar-refractivity contribution >= 4 is 0 Å². The van der Waals surface area contributed by atoms with Crippen LogP contribution in [-0.4, -0.2) is 5.11 Å². The van der Waals surface area contributed by atoms with Crippen molar-refractivity contribution in [1.29, 1.82) is 0 Å². The summed E-state index contributed by atoms with van der Waals surface area (Å²) in [6, 6.07) is 14.7. The SMILES string of the molecule is Cc1cccc(CNC2CCc3cc(O)ccc32)c1. The minimum Gasteiger partial charge on any atom is -0.508 e. The first kappa shape index (κ1) is 12.2. The van der Waals surface area contributed by atoms with Crippen LogP contribution in [0.15, 0.2) is 42.5 Å². The lowest BCUT2D eigenvalue weighted by Crippen LogP contribution is -2.18. The molecule has 3 rings (SSSR count). The standard InChI is InChI=1S/C17H19NO/c1-12-3-2-4-13(9-12)11-18-17-8-5-14-10-15(19)6-7-16(14)17/h2-4,6-7,9-10,17-19H,5,8,11H2,1H3. The summed E-state index contributed by atoms with van der Waals surface area (Å²) in [4.78, 5) is 0. The van der Waals surface area contributed by atoms with E-state index in [0.717, 1.165) is 19.4 Å². The molecule has 19 heavy (non-hydrogen) atoms. The smallest absolute Gasteiger partial charge is 0.115 e. The highest BCUT2D eigenvalue weighted by atomic mass is 16.3. The number of benzene rings is 2. The molecule has 0 saturated carbocycles. The number of nitrogens with one attached hydrogen (secondary N) is 1. The van der Waals surface area contributed by atoms with Crippen LogP contribution in [-0.2, 0) is 13.0 Å². The fourth-order valence-electron chi connectivity index (χ4n) is 2.88. The van der Waals surface area contributed by atoms with E-state index in [-0.39, 0.29) is 0 Å². The van der Waals surface area contributed by atoms with Gasteiger partial charge in [-0.15, -0.1) is 0 Å². The average molecular weight is 253 g/mol. The third-order valence-electron chi connectivity index (χ3n) is 3.84. The van der Waals surface area contributed by atoms with Gasteiger partial charge in [0.15, 0.2) is 0 Å². The predicted octanol–water partition coefficient (Wildman–Crippen LogP) is 3.48. The monoisotopic (exact) mass is 253 g/mol. The lowest BCUT2D eigenvalue weighted by Gasteiger charge is -2.14. The maximum atomic E-state index is 9.50. The molecule has 0 aliphatic heterocycles. The van der Waals surface area contributed by atoms with E-state index in [1.54, 1.807) is 6.07 Å². The lowest BCUT2D eigenvalue weighted by molar-refractivity contribution is 0.474. The summed E-state index contributed by atoms with van der Waals surface area (Å²) in [5.74, 6) is 0.373. The molecule has 0 bridgehead atoms. The van der Waals surface area contributed by atoms with Crippen LogP contribution in [0.2, 0.25) is 0 Å². The van der Waals surface area contributed by atoms with Crippen molar-refractivity contribution < 1.29 is 5.11 Å². The van der Waals surface area contributed by atoms with E-state index in [1.165, 1.54) is 22.3 Å². The molecular formula is C17H19NO. The highest BCUT2D eigenvalue weighted by Crippen LogP contribution is 2.33. The third kappa shape index (κ3) is 2.64. The second-order valence-electron chi connectivity index (χ2n) is 5.34. The number of hydrogen-bond acceptors (Lipinski definition) is 2. The molecule has 2 heteroatoms. The van der Waals surface area contributed by atoms with Crippen molar-refractivity contribution in [2.45, 2.75) is 32.4 Å². The number of phenols is 1. The van der Waals surface area contributed by atoms with Crippen molar-refractivity contribution in [2.24, 2.45) is 0 Å². The molecule has 2 aromatic rings. The lowest BCUT2D eigenvalue weighted by atomic mass is 10.1. The first-order chi connectivity index (χ1) is 9.22. The summed E-state index contributed by atoms with van der Waals surface area (Å²) in [5, 5.41) is 13.1. The molecule has 0 spiro atoms. The van der Waals surface area contributed by atoms with E-state index < -0.39 is 0 Å². The number of aryl methyl sites for hydroxylation is 2. The summed E-state index contributed by atoms with van der Waals surface area (Å²) in [6.45, 7) is 3.02. The predicted molar refractivity (Wildman–Crippen MR) is 77.2 cm³/mol. The van der Waals surface area contributed by atoms with E-state index in [1.807, 2.05) is 12.1 Å². The first-order valence-electron chi connectivity index (χ1n) is 6.83. The van der Waals surface area contributed by atoms with Crippen LogP contribution in [0.5, 0.6) is 5.75 Å². The van der Waals surface area contributed by atoms with Gasteiger partial charge in [-0.3, -0.25) is 0 Å². The highest BCUT2D eigenvalue weighted by Gasteiger charge is 2.21. The van der Waals surface area contributed by atoms with Crippen molar-refractivity contribution in [3.63, 3.8) is 0 Å². The van der Waals surface area contributed by atoms with Gasteiger partial charge >= 0.3 is 0 Å². The van der Waals surface area contributed by atoms with Crippen molar-refractivity contribution in [2.75, 3.05) is 0 Å². The molecule has 98 valence electrons. The van der Waals surface area contributed by atoms with E-state index in [4.69, 9.17) is 0 Å². The van der Waals surface area contributed by atoms with Crippen LogP contribution in [0.4, 0.5) is 0 Å². The molecule has 1 unspecified atom stereocenters. The van der Waals surface area contributed by atoms with Gasteiger partial charge in [-0.05, 0) is 48.6 Å². The average Bonchev–Trinajstić information content (AvgIpc) is 2.78. The molecule has 0 heterocycles. The normalized spacial score (nSPS) is 17.4. The van der Waals surface area contributed by atoms with Crippen LogP contribution >= 0.6 is 0 Å². The Hall–Kier alpha value is -1.80. The zero-order valence-electron chi connectivity index (χ0n) is 11.2. The van der Waals surface area contributed by atoms with Gasteiger partial charge in [0, 0.05) is 12.6 Å². The second-order valence-corrected chi connectivity index (χ2v) is 5.34. The molecule has 0 amide bonds. The van der Waals surface area contributed by atoms with Crippen LogP contribution in [0.25, 0.3) is 0 Å². The Morgan fingerprint density at radius 2 is 2.11 bits per heavy atom. The summed E-state index contributed by atoms with van der Waals surface area (Å²) in [6.07, 6.45) is 2.17. The fourth-order valence-corrected chi connectivity index (χ4v) is 2.88. The summed E-state index contributed by atoms with van der Waals surface area (Å²) < 4.78 is 0. The fraction of sp³-hybridized carbons (Fsp3) is 0.294. The van der Waals surface area contributed by atoms with Gasteiger partial charge in [0.25, 0.3) is 0 Å². The molecule has 2 aromatic carbocycles. The second kappa shape index (κ2) is 5.06. The van der Waals surface area contributed by atoms with E-state index in [9.17, 15) is 5.11 Å². The molecule has 0 fully saturated rings. The molecule has 1 atom stereocenters. The van der Waals surface area contributed by atoms with E-state index in [2.05, 4.69) is 36.5 Å². The first-order valence-corrected chi connectivity index (χ1v) is 6.83. The maximum Gasteiger partial charge on any atom is 0.115 e. The molecule has 1 aliphatic carbocycles. The number of rotatable bonds is 3. The Morgan fingerprint density at radius 3 is 2.95 bits per heavy atom. The molecule has 2 N–H and O–H groups in total. The van der Waals surface area contributed by atoms with Gasteiger partial charge in [0.1, 0.15) is 5.75 Å². The van der Waals surface area contributed by atoms with Crippen molar-refractivity contribution in [3.05, 3.63) is 64.7 Å². The molecular weight excluding hydrogens is 234 g/mol. The van der Waals surface area contributed by atoms with Gasteiger partial charge in [0.2, 0.25) is 0 Å². The molecule has 0 radical (unpaired) electrons. The maximum absolute atomic E-state index is 9.50. The van der Waals surface area contributed by atoms with E-state index >= 15 is 0 Å². The quantitative estimate of drug-likeness (QED) is 0.877. The Kier molecular flexibility index (Phi) is 3.26.